The highest BCUT2D eigenvalue weighted by atomic mass is 32.2. The van der Waals surface area contributed by atoms with Crippen LogP contribution in [-0.2, 0) is 16.1 Å². The zero-order chi connectivity index (χ0) is 22.8. The van der Waals surface area contributed by atoms with Gasteiger partial charge < -0.3 is 10.6 Å². The van der Waals surface area contributed by atoms with E-state index in [-0.39, 0.29) is 41.1 Å². The zero-order valence-electron chi connectivity index (χ0n) is 18.2. The highest BCUT2D eigenvalue weighted by Crippen LogP contribution is 2.38. The summed E-state index contributed by atoms with van der Waals surface area (Å²) in [5.41, 5.74) is 3.12. The zero-order valence-corrected chi connectivity index (χ0v) is 19.0. The molecule has 0 radical (unpaired) electrons. The molecule has 3 aliphatic rings. The summed E-state index contributed by atoms with van der Waals surface area (Å²) >= 11 is 1.55. The average molecular weight is 467 g/mol. The molecule has 0 saturated carbocycles. The molecule has 33 heavy (non-hydrogen) atoms. The number of halogens is 1. The Bertz CT molecular complexity index is 1050. The number of hydrogen-bond acceptors (Lipinski definition) is 5. The Labute approximate surface area is 197 Å². The van der Waals surface area contributed by atoms with Gasteiger partial charge in [-0.15, -0.1) is 11.8 Å². The molecule has 0 spiro atoms. The number of nitrogens with zero attached hydrogens (tertiary/aromatic N) is 1. The number of likely N-dealkylation sites (tertiary alicyclic amines) is 1. The maximum absolute atomic E-state index is 13.1. The lowest BCUT2D eigenvalue weighted by Crippen LogP contribution is -2.69. The number of benzene rings is 2. The van der Waals surface area contributed by atoms with Crippen LogP contribution >= 0.6 is 11.8 Å². The number of piperidine rings is 1. The van der Waals surface area contributed by atoms with E-state index in [9.17, 15) is 14.0 Å². The van der Waals surface area contributed by atoms with Crippen LogP contribution in [0.2, 0.25) is 0 Å². The summed E-state index contributed by atoms with van der Waals surface area (Å²) in [5.74, 6) is -0.426. The molecule has 2 saturated heterocycles. The van der Waals surface area contributed by atoms with Crippen molar-refractivity contribution in [3.05, 3.63) is 76.9 Å². The first kappa shape index (κ1) is 22.1. The van der Waals surface area contributed by atoms with Crippen molar-refractivity contribution < 1.29 is 14.0 Å². The third-order valence-corrected chi connectivity index (χ3v) is 7.70. The minimum Gasteiger partial charge on any atom is -0.352 e. The monoisotopic (exact) mass is 466 g/mol. The molecule has 172 valence electrons. The van der Waals surface area contributed by atoms with Gasteiger partial charge in [-0.25, -0.2) is 4.39 Å². The molecule has 2 aromatic rings. The second kappa shape index (κ2) is 9.67. The lowest BCUT2D eigenvalue weighted by molar-refractivity contribution is -0.129. The predicted molar refractivity (Wildman–Crippen MR) is 127 cm³/mol. The van der Waals surface area contributed by atoms with Gasteiger partial charge in [-0.05, 0) is 47.1 Å². The highest BCUT2D eigenvalue weighted by molar-refractivity contribution is 8.04. The van der Waals surface area contributed by atoms with Crippen molar-refractivity contribution in [1.29, 1.82) is 0 Å². The van der Waals surface area contributed by atoms with Crippen LogP contribution in [0.5, 0.6) is 0 Å². The molecule has 5 rings (SSSR count). The standard InChI is InChI=1S/C25H27FN4O2S/c26-19-10-8-16(9-11-19)13-27-23(31)18-7-4-12-30(14-18)25-28-21-20(17-5-2-1-3-6-17)15-33-22(21)24(32)29-25/h1-3,5-6,8-11,15,18,21-22,25,28H,4,7,12-14H2,(H,27,31)(H,29,32). The van der Waals surface area contributed by atoms with Gasteiger partial charge in [-0.2, -0.15) is 0 Å². The van der Waals surface area contributed by atoms with Crippen LogP contribution in [0.1, 0.15) is 24.0 Å². The predicted octanol–water partition coefficient (Wildman–Crippen LogP) is 2.68. The van der Waals surface area contributed by atoms with Gasteiger partial charge in [-0.1, -0.05) is 42.5 Å². The van der Waals surface area contributed by atoms with Gasteiger partial charge in [-0.3, -0.25) is 19.8 Å². The normalized spacial score (nSPS) is 27.4. The number of amides is 2. The molecule has 4 unspecified atom stereocenters. The van der Waals surface area contributed by atoms with Crippen molar-refractivity contribution in [1.82, 2.24) is 20.9 Å². The first-order valence-corrected chi connectivity index (χ1v) is 12.3. The molecule has 2 amide bonds. The second-order valence-corrected chi connectivity index (χ2v) is 9.75. The van der Waals surface area contributed by atoms with Crippen molar-refractivity contribution in [2.45, 2.75) is 37.0 Å². The lowest BCUT2D eigenvalue weighted by Gasteiger charge is -2.43. The van der Waals surface area contributed by atoms with E-state index in [1.807, 2.05) is 18.2 Å². The molecule has 0 aromatic heterocycles. The quantitative estimate of drug-likeness (QED) is 0.632. The molecule has 2 fully saturated rings. The number of carbonyl (C=O) groups is 2. The molecule has 3 heterocycles. The third kappa shape index (κ3) is 4.83. The van der Waals surface area contributed by atoms with Crippen molar-refractivity contribution in [3.63, 3.8) is 0 Å². The van der Waals surface area contributed by atoms with E-state index in [1.54, 1.807) is 23.9 Å². The number of fused-ring (bicyclic) bond motifs is 1. The Morgan fingerprint density at radius 1 is 1.15 bits per heavy atom. The Balaban J connectivity index is 1.22. The van der Waals surface area contributed by atoms with Gasteiger partial charge in [0.2, 0.25) is 11.8 Å². The summed E-state index contributed by atoms with van der Waals surface area (Å²) in [7, 11) is 0. The maximum Gasteiger partial charge on any atom is 0.237 e. The fourth-order valence-electron chi connectivity index (χ4n) is 4.75. The summed E-state index contributed by atoms with van der Waals surface area (Å²) in [6.45, 7) is 1.76. The van der Waals surface area contributed by atoms with Crippen molar-refractivity contribution in [2.24, 2.45) is 5.92 Å². The van der Waals surface area contributed by atoms with Gasteiger partial charge in [0.1, 0.15) is 17.4 Å². The molecule has 0 aliphatic carbocycles. The SMILES string of the molecule is O=C(NCc1ccc(F)cc1)C1CCCN(C2NC(=O)C3SC=C(c4ccccc4)C3N2)C1. The fourth-order valence-corrected chi connectivity index (χ4v) is 5.90. The first-order chi connectivity index (χ1) is 16.1. The second-order valence-electron chi connectivity index (χ2n) is 8.73. The van der Waals surface area contributed by atoms with Gasteiger partial charge >= 0.3 is 0 Å². The summed E-state index contributed by atoms with van der Waals surface area (Å²) in [6, 6.07) is 16.2. The van der Waals surface area contributed by atoms with E-state index in [0.717, 1.165) is 36.1 Å². The molecular weight excluding hydrogens is 439 g/mol. The van der Waals surface area contributed by atoms with Gasteiger partial charge in [0.25, 0.3) is 0 Å². The highest BCUT2D eigenvalue weighted by Gasteiger charge is 2.44. The maximum atomic E-state index is 13.1. The van der Waals surface area contributed by atoms with Crippen LogP contribution in [0.3, 0.4) is 0 Å². The first-order valence-electron chi connectivity index (χ1n) is 11.3. The smallest absolute Gasteiger partial charge is 0.237 e. The van der Waals surface area contributed by atoms with Crippen LogP contribution in [0, 0.1) is 11.7 Å². The van der Waals surface area contributed by atoms with E-state index in [4.69, 9.17) is 0 Å². The number of hydrogen-bond donors (Lipinski definition) is 3. The summed E-state index contributed by atoms with van der Waals surface area (Å²) in [5, 5.41) is 11.6. The fraction of sp³-hybridized carbons (Fsp3) is 0.360. The van der Waals surface area contributed by atoms with Crippen molar-refractivity contribution >= 4 is 29.1 Å². The summed E-state index contributed by atoms with van der Waals surface area (Å²) in [4.78, 5) is 27.8. The molecular formula is C25H27FN4O2S. The van der Waals surface area contributed by atoms with Gasteiger partial charge in [0, 0.05) is 19.6 Å². The average Bonchev–Trinajstić information content (AvgIpc) is 3.29. The summed E-state index contributed by atoms with van der Waals surface area (Å²) in [6.07, 6.45) is 1.38. The Morgan fingerprint density at radius 3 is 2.73 bits per heavy atom. The van der Waals surface area contributed by atoms with E-state index >= 15 is 0 Å². The molecule has 8 heteroatoms. The third-order valence-electron chi connectivity index (χ3n) is 6.53. The van der Waals surface area contributed by atoms with Crippen LogP contribution < -0.4 is 16.0 Å². The summed E-state index contributed by atoms with van der Waals surface area (Å²) < 4.78 is 13.1. The number of rotatable bonds is 5. The Hall–Kier alpha value is -2.68. The van der Waals surface area contributed by atoms with Crippen LogP contribution in [0.4, 0.5) is 4.39 Å². The molecule has 3 aliphatic heterocycles. The largest absolute Gasteiger partial charge is 0.352 e. The topological polar surface area (TPSA) is 73.5 Å². The molecule has 0 bridgehead atoms. The number of carbonyl (C=O) groups excluding carboxylic acids is 2. The molecule has 6 nitrogen and oxygen atoms in total. The van der Waals surface area contributed by atoms with E-state index < -0.39 is 0 Å². The van der Waals surface area contributed by atoms with E-state index in [0.29, 0.717) is 13.1 Å². The number of nitrogens with one attached hydrogen (secondary N) is 3. The Morgan fingerprint density at radius 2 is 1.94 bits per heavy atom. The van der Waals surface area contributed by atoms with E-state index in [1.165, 1.54) is 12.1 Å². The van der Waals surface area contributed by atoms with Crippen LogP contribution in [0.15, 0.2) is 60.0 Å². The lowest BCUT2D eigenvalue weighted by atomic mass is 9.94. The molecule has 4 atom stereocenters. The van der Waals surface area contributed by atoms with Crippen LogP contribution in [0.25, 0.3) is 5.57 Å². The van der Waals surface area contributed by atoms with Gasteiger partial charge in [0.15, 0.2) is 0 Å². The molecule has 3 N–H and O–H groups in total. The van der Waals surface area contributed by atoms with Gasteiger partial charge in [0.05, 0.1) is 12.0 Å². The Kier molecular flexibility index (Phi) is 6.48. The van der Waals surface area contributed by atoms with Crippen molar-refractivity contribution in [3.8, 4) is 0 Å². The van der Waals surface area contributed by atoms with Crippen molar-refractivity contribution in [2.75, 3.05) is 13.1 Å². The number of thioether (sulfide) groups is 1. The minimum absolute atomic E-state index is 0.00895. The van der Waals surface area contributed by atoms with Crippen LogP contribution in [-0.4, -0.2) is 47.4 Å². The minimum atomic E-state index is -0.308. The molecule has 2 aromatic carbocycles. The van der Waals surface area contributed by atoms with E-state index in [2.05, 4.69) is 38.4 Å².